The summed E-state index contributed by atoms with van der Waals surface area (Å²) < 4.78 is 12.8. The lowest BCUT2D eigenvalue weighted by atomic mass is 10.2. The zero-order chi connectivity index (χ0) is 12.3. The van der Waals surface area contributed by atoms with Gasteiger partial charge in [-0.2, -0.15) is 4.39 Å². The van der Waals surface area contributed by atoms with E-state index in [4.69, 9.17) is 0 Å². The second-order valence-electron chi connectivity index (χ2n) is 3.67. The molecule has 0 fully saturated rings. The van der Waals surface area contributed by atoms with Gasteiger partial charge in [0.05, 0.1) is 0 Å². The number of carbonyl (C=O) groups excluding carboxylic acids is 1. The monoisotopic (exact) mass is 230 g/mol. The lowest BCUT2D eigenvalue weighted by Gasteiger charge is -2.04. The number of amides is 1. The molecule has 3 nitrogen and oxygen atoms in total. The Morgan fingerprint density at radius 1 is 1.18 bits per heavy atom. The van der Waals surface area contributed by atoms with Crippen LogP contribution in [0.25, 0.3) is 0 Å². The van der Waals surface area contributed by atoms with Crippen LogP contribution in [0.4, 0.5) is 10.1 Å². The number of aromatic nitrogens is 1. The number of halogens is 1. The zero-order valence-corrected chi connectivity index (χ0v) is 9.27. The van der Waals surface area contributed by atoms with Crippen LogP contribution in [0.3, 0.4) is 0 Å². The van der Waals surface area contributed by atoms with Crippen LogP contribution in [0.5, 0.6) is 0 Å². The molecule has 0 aliphatic carbocycles. The smallest absolute Gasteiger partial charge is 0.274 e. The molecule has 86 valence electrons. The van der Waals surface area contributed by atoms with Crippen molar-refractivity contribution < 1.29 is 9.18 Å². The second kappa shape index (κ2) is 4.74. The number of benzene rings is 1. The highest BCUT2D eigenvalue weighted by atomic mass is 19.1. The van der Waals surface area contributed by atoms with Gasteiger partial charge in [-0.05, 0) is 31.2 Å². The number of carbonyl (C=O) groups is 1. The highest BCUT2D eigenvalue weighted by molar-refractivity contribution is 6.02. The fourth-order valence-electron chi connectivity index (χ4n) is 1.37. The second-order valence-corrected chi connectivity index (χ2v) is 3.67. The van der Waals surface area contributed by atoms with Gasteiger partial charge in [0.2, 0.25) is 5.95 Å². The number of nitrogens with zero attached hydrogens (tertiary/aromatic N) is 1. The first-order valence-corrected chi connectivity index (χ1v) is 5.16. The van der Waals surface area contributed by atoms with E-state index in [0.29, 0.717) is 5.69 Å². The summed E-state index contributed by atoms with van der Waals surface area (Å²) in [5.41, 5.74) is 1.82. The Morgan fingerprint density at radius 3 is 2.53 bits per heavy atom. The third kappa shape index (κ3) is 2.87. The van der Waals surface area contributed by atoms with Crippen molar-refractivity contribution in [2.24, 2.45) is 0 Å². The van der Waals surface area contributed by atoms with Crippen LogP contribution < -0.4 is 5.32 Å². The molecular weight excluding hydrogens is 219 g/mol. The third-order valence-corrected chi connectivity index (χ3v) is 2.26. The lowest BCUT2D eigenvalue weighted by molar-refractivity contribution is 0.102. The summed E-state index contributed by atoms with van der Waals surface area (Å²) in [6, 6.07) is 11.4. The van der Waals surface area contributed by atoms with Crippen LogP contribution in [0.2, 0.25) is 0 Å². The predicted octanol–water partition coefficient (Wildman–Crippen LogP) is 2.78. The largest absolute Gasteiger partial charge is 0.321 e. The molecule has 1 N–H and O–H groups in total. The Balaban J connectivity index is 2.14. The van der Waals surface area contributed by atoms with E-state index >= 15 is 0 Å². The number of nitrogens with one attached hydrogen (secondary N) is 1. The van der Waals surface area contributed by atoms with Crippen LogP contribution in [-0.4, -0.2) is 10.9 Å². The van der Waals surface area contributed by atoms with Crippen LogP contribution in [0.15, 0.2) is 42.5 Å². The molecule has 0 saturated heterocycles. The van der Waals surface area contributed by atoms with Gasteiger partial charge >= 0.3 is 0 Å². The van der Waals surface area contributed by atoms with Gasteiger partial charge in [-0.25, -0.2) is 4.98 Å². The van der Waals surface area contributed by atoms with Gasteiger partial charge in [-0.1, -0.05) is 23.8 Å². The fourth-order valence-corrected chi connectivity index (χ4v) is 1.37. The molecule has 1 heterocycles. The summed E-state index contributed by atoms with van der Waals surface area (Å²) in [5.74, 6) is -1.09. The van der Waals surface area contributed by atoms with Gasteiger partial charge in [0.1, 0.15) is 5.69 Å². The molecule has 0 radical (unpaired) electrons. The van der Waals surface area contributed by atoms with Gasteiger partial charge in [-0.3, -0.25) is 4.79 Å². The van der Waals surface area contributed by atoms with Gasteiger partial charge in [0, 0.05) is 5.69 Å². The molecule has 0 atom stereocenters. The molecule has 2 rings (SSSR count). The average molecular weight is 230 g/mol. The maximum Gasteiger partial charge on any atom is 0.274 e. The summed E-state index contributed by atoms with van der Waals surface area (Å²) in [6.07, 6.45) is 0. The van der Waals surface area contributed by atoms with Gasteiger partial charge in [0.15, 0.2) is 0 Å². The highest BCUT2D eigenvalue weighted by Gasteiger charge is 2.07. The van der Waals surface area contributed by atoms with E-state index in [2.05, 4.69) is 10.3 Å². The van der Waals surface area contributed by atoms with E-state index in [-0.39, 0.29) is 5.69 Å². The van der Waals surface area contributed by atoms with Crippen molar-refractivity contribution >= 4 is 11.6 Å². The molecule has 0 spiro atoms. The molecule has 17 heavy (non-hydrogen) atoms. The summed E-state index contributed by atoms with van der Waals surface area (Å²) in [5, 5.41) is 2.64. The molecule has 0 aliphatic rings. The summed E-state index contributed by atoms with van der Waals surface area (Å²) >= 11 is 0. The molecule has 0 bridgehead atoms. The van der Waals surface area contributed by atoms with E-state index < -0.39 is 11.9 Å². The molecule has 4 heteroatoms. The van der Waals surface area contributed by atoms with Crippen molar-refractivity contribution in [3.05, 3.63) is 59.7 Å². The number of aryl methyl sites for hydroxylation is 1. The number of hydrogen-bond donors (Lipinski definition) is 1. The minimum Gasteiger partial charge on any atom is -0.321 e. The number of hydrogen-bond acceptors (Lipinski definition) is 2. The van der Waals surface area contributed by atoms with Crippen molar-refractivity contribution in [1.82, 2.24) is 4.98 Å². The van der Waals surface area contributed by atoms with Crippen molar-refractivity contribution in [2.45, 2.75) is 6.92 Å². The Kier molecular flexibility index (Phi) is 3.14. The molecule has 0 unspecified atom stereocenters. The van der Waals surface area contributed by atoms with Crippen molar-refractivity contribution in [3.8, 4) is 0 Å². The minimum absolute atomic E-state index is 0.0607. The van der Waals surface area contributed by atoms with E-state index in [0.717, 1.165) is 5.56 Å². The van der Waals surface area contributed by atoms with E-state index in [1.165, 1.54) is 18.2 Å². The fraction of sp³-hybridized carbons (Fsp3) is 0.0769. The maximum absolute atomic E-state index is 12.8. The third-order valence-electron chi connectivity index (χ3n) is 2.26. The Labute approximate surface area is 98.3 Å². The minimum atomic E-state index is -0.665. The van der Waals surface area contributed by atoms with Crippen LogP contribution in [0.1, 0.15) is 16.1 Å². The first-order chi connectivity index (χ1) is 8.15. The van der Waals surface area contributed by atoms with E-state index in [1.807, 2.05) is 19.1 Å². The van der Waals surface area contributed by atoms with E-state index in [1.54, 1.807) is 12.1 Å². The van der Waals surface area contributed by atoms with Crippen molar-refractivity contribution in [3.63, 3.8) is 0 Å². The Morgan fingerprint density at radius 2 is 1.88 bits per heavy atom. The first-order valence-electron chi connectivity index (χ1n) is 5.16. The SMILES string of the molecule is Cc1ccc(NC(=O)c2cccc(F)n2)cc1. The molecule has 0 aliphatic heterocycles. The molecule has 0 saturated carbocycles. The van der Waals surface area contributed by atoms with Crippen LogP contribution in [0, 0.1) is 12.9 Å². The molecule has 1 amide bonds. The summed E-state index contributed by atoms with van der Waals surface area (Å²) in [4.78, 5) is 15.2. The Bertz CT molecular complexity index is 537. The lowest BCUT2D eigenvalue weighted by Crippen LogP contribution is -2.14. The first kappa shape index (κ1) is 11.3. The van der Waals surface area contributed by atoms with Crippen molar-refractivity contribution in [2.75, 3.05) is 5.32 Å². The van der Waals surface area contributed by atoms with E-state index in [9.17, 15) is 9.18 Å². The predicted molar refractivity (Wildman–Crippen MR) is 63.3 cm³/mol. The normalized spacial score (nSPS) is 10.0. The molecule has 1 aromatic carbocycles. The number of anilines is 1. The van der Waals surface area contributed by atoms with Gasteiger partial charge < -0.3 is 5.32 Å². The van der Waals surface area contributed by atoms with Crippen LogP contribution >= 0.6 is 0 Å². The molecule has 2 aromatic rings. The van der Waals surface area contributed by atoms with Gasteiger partial charge in [0.25, 0.3) is 5.91 Å². The van der Waals surface area contributed by atoms with Gasteiger partial charge in [-0.15, -0.1) is 0 Å². The molecule has 1 aromatic heterocycles. The summed E-state index contributed by atoms with van der Waals surface area (Å²) in [6.45, 7) is 1.96. The highest BCUT2D eigenvalue weighted by Crippen LogP contribution is 2.10. The standard InChI is InChI=1S/C13H11FN2O/c1-9-5-7-10(8-6-9)15-13(17)11-3-2-4-12(14)16-11/h2-8H,1H3,(H,15,17). The van der Waals surface area contributed by atoms with Crippen molar-refractivity contribution in [1.29, 1.82) is 0 Å². The average Bonchev–Trinajstić information content (AvgIpc) is 2.32. The number of pyridine rings is 1. The number of rotatable bonds is 2. The topological polar surface area (TPSA) is 42.0 Å². The Hall–Kier alpha value is -2.23. The quantitative estimate of drug-likeness (QED) is 0.806. The molecular formula is C13H11FN2O. The zero-order valence-electron chi connectivity index (χ0n) is 9.27. The summed E-state index contributed by atoms with van der Waals surface area (Å²) in [7, 11) is 0. The maximum atomic E-state index is 12.8. The van der Waals surface area contributed by atoms with Crippen LogP contribution in [-0.2, 0) is 0 Å².